The van der Waals surface area contributed by atoms with E-state index in [0.717, 1.165) is 17.9 Å². The Bertz CT molecular complexity index is 729. The number of methoxy groups -OCH3 is 1. The first-order valence-corrected chi connectivity index (χ1v) is 10.6. The zero-order valence-corrected chi connectivity index (χ0v) is 17.7. The number of hydrogen-bond donors (Lipinski definition) is 1. The van der Waals surface area contributed by atoms with Gasteiger partial charge in [-0.1, -0.05) is 30.3 Å². The number of ether oxygens (including phenoxy) is 2. The van der Waals surface area contributed by atoms with Crippen molar-refractivity contribution in [2.75, 3.05) is 45.3 Å². The van der Waals surface area contributed by atoms with Crippen molar-refractivity contribution in [2.45, 2.75) is 38.5 Å². The number of hydrogen-bond acceptors (Lipinski definition) is 5. The molecule has 3 rings (SSSR count). The predicted octanol–water partition coefficient (Wildman–Crippen LogP) is 3.70. The van der Waals surface area contributed by atoms with Crippen LogP contribution in [0.5, 0.6) is 5.75 Å². The van der Waals surface area contributed by atoms with Crippen LogP contribution >= 0.6 is 0 Å². The lowest BCUT2D eigenvalue weighted by atomic mass is 10.1. The first-order chi connectivity index (χ1) is 14.2. The molecule has 29 heavy (non-hydrogen) atoms. The first kappa shape index (κ1) is 21.6. The maximum atomic E-state index is 10.3. The van der Waals surface area contributed by atoms with Crippen LogP contribution < -0.4 is 9.64 Å². The molecule has 0 aromatic heterocycles. The van der Waals surface area contributed by atoms with Crippen molar-refractivity contribution in [3.05, 3.63) is 59.7 Å². The van der Waals surface area contributed by atoms with E-state index in [1.54, 1.807) is 7.11 Å². The van der Waals surface area contributed by atoms with Crippen LogP contribution in [0.3, 0.4) is 0 Å². The van der Waals surface area contributed by atoms with E-state index < -0.39 is 6.10 Å². The zero-order chi connectivity index (χ0) is 20.5. The first-order valence-electron chi connectivity index (χ1n) is 10.6. The van der Waals surface area contributed by atoms with Gasteiger partial charge in [-0.15, -0.1) is 0 Å². The molecule has 0 unspecified atom stereocenters. The van der Waals surface area contributed by atoms with Crippen LogP contribution in [-0.4, -0.2) is 56.5 Å². The molecule has 0 spiro atoms. The number of benzene rings is 2. The molecule has 0 saturated carbocycles. The molecule has 1 heterocycles. The largest absolute Gasteiger partial charge is 0.496 e. The smallest absolute Gasteiger partial charge is 0.124 e. The number of anilines is 1. The molecule has 1 aliphatic rings. The van der Waals surface area contributed by atoms with Gasteiger partial charge >= 0.3 is 0 Å². The topological polar surface area (TPSA) is 45.2 Å². The molecule has 5 nitrogen and oxygen atoms in total. The third kappa shape index (κ3) is 6.74. The van der Waals surface area contributed by atoms with Gasteiger partial charge in [-0.05, 0) is 50.1 Å². The Balaban J connectivity index is 1.39. The van der Waals surface area contributed by atoms with E-state index in [9.17, 15) is 5.11 Å². The second-order valence-electron chi connectivity index (χ2n) is 7.89. The van der Waals surface area contributed by atoms with Gasteiger partial charge in [0.2, 0.25) is 0 Å². The van der Waals surface area contributed by atoms with E-state index in [4.69, 9.17) is 9.47 Å². The summed E-state index contributed by atoms with van der Waals surface area (Å²) in [6.07, 6.45) is 3.41. The molecule has 5 heteroatoms. The molecular formula is C24H34N2O3. The van der Waals surface area contributed by atoms with Gasteiger partial charge in [0.05, 0.1) is 26.4 Å². The molecule has 0 amide bonds. The van der Waals surface area contributed by atoms with E-state index in [2.05, 4.69) is 34.1 Å². The summed E-state index contributed by atoms with van der Waals surface area (Å²) in [6.45, 7) is 4.45. The van der Waals surface area contributed by atoms with Gasteiger partial charge < -0.3 is 19.5 Å². The average Bonchev–Trinajstić information content (AvgIpc) is 2.75. The third-order valence-electron chi connectivity index (χ3n) is 5.39. The van der Waals surface area contributed by atoms with Crippen LogP contribution in [0.2, 0.25) is 0 Å². The van der Waals surface area contributed by atoms with Crippen LogP contribution in [0.15, 0.2) is 48.5 Å². The molecule has 0 bridgehead atoms. The summed E-state index contributed by atoms with van der Waals surface area (Å²) in [7, 11) is 3.68. The minimum atomic E-state index is -0.526. The number of para-hydroxylation sites is 1. The second kappa shape index (κ2) is 11.2. The monoisotopic (exact) mass is 398 g/mol. The van der Waals surface area contributed by atoms with E-state index >= 15 is 0 Å². The molecule has 2 aromatic rings. The van der Waals surface area contributed by atoms with Crippen molar-refractivity contribution in [3.63, 3.8) is 0 Å². The number of rotatable bonds is 10. The van der Waals surface area contributed by atoms with E-state index in [-0.39, 0.29) is 0 Å². The Morgan fingerprint density at radius 3 is 2.48 bits per heavy atom. The highest BCUT2D eigenvalue weighted by Gasteiger charge is 2.12. The summed E-state index contributed by atoms with van der Waals surface area (Å²) in [6, 6.07) is 16.6. The highest BCUT2D eigenvalue weighted by molar-refractivity contribution is 5.47. The Kier molecular flexibility index (Phi) is 8.35. The number of aliphatic hydroxyl groups excluding tert-OH is 1. The van der Waals surface area contributed by atoms with Crippen molar-refractivity contribution >= 4 is 5.69 Å². The minimum absolute atomic E-state index is 0.302. The zero-order valence-electron chi connectivity index (χ0n) is 17.7. The minimum Gasteiger partial charge on any atom is -0.496 e. The summed E-state index contributed by atoms with van der Waals surface area (Å²) < 4.78 is 11.0. The van der Waals surface area contributed by atoms with Crippen LogP contribution in [0.4, 0.5) is 5.69 Å². The van der Waals surface area contributed by atoms with E-state index in [1.165, 1.54) is 43.6 Å². The van der Waals surface area contributed by atoms with Crippen molar-refractivity contribution < 1.29 is 14.6 Å². The van der Waals surface area contributed by atoms with Crippen LogP contribution in [0.1, 0.15) is 30.4 Å². The molecule has 0 radical (unpaired) electrons. The summed E-state index contributed by atoms with van der Waals surface area (Å²) in [5.41, 5.74) is 3.57. The maximum absolute atomic E-state index is 10.3. The fourth-order valence-electron chi connectivity index (χ4n) is 3.88. The lowest BCUT2D eigenvalue weighted by Crippen LogP contribution is -2.32. The lowest BCUT2D eigenvalue weighted by Gasteiger charge is -2.29. The number of likely N-dealkylation sites (N-methyl/N-ethyl adjacent to an activating group) is 1. The average molecular weight is 399 g/mol. The lowest BCUT2D eigenvalue weighted by molar-refractivity contribution is 0.0122. The van der Waals surface area contributed by atoms with Crippen molar-refractivity contribution in [3.8, 4) is 5.75 Å². The number of piperidine rings is 1. The van der Waals surface area contributed by atoms with Gasteiger partial charge in [0.25, 0.3) is 0 Å². The highest BCUT2D eigenvalue weighted by atomic mass is 16.5. The third-order valence-corrected chi connectivity index (χ3v) is 5.39. The van der Waals surface area contributed by atoms with Crippen LogP contribution in [0.25, 0.3) is 0 Å². The van der Waals surface area contributed by atoms with Crippen molar-refractivity contribution in [2.24, 2.45) is 0 Å². The molecule has 1 fully saturated rings. The molecule has 1 aliphatic heterocycles. The Morgan fingerprint density at radius 2 is 1.76 bits per heavy atom. The number of aliphatic hydroxyl groups is 1. The fraction of sp³-hybridized carbons (Fsp3) is 0.500. The highest BCUT2D eigenvalue weighted by Crippen LogP contribution is 2.21. The van der Waals surface area contributed by atoms with Gasteiger partial charge in [-0.3, -0.25) is 4.90 Å². The normalized spacial score (nSPS) is 15.5. The Hall–Kier alpha value is -2.08. The molecule has 2 aromatic carbocycles. The van der Waals surface area contributed by atoms with Gasteiger partial charge in [-0.25, -0.2) is 0 Å². The second-order valence-corrected chi connectivity index (χ2v) is 7.89. The standard InChI is InChI=1S/C24H34N2O3/c1-25(16-20-10-12-22(13-11-20)26-14-6-3-7-15-26)17-23(27)19-29-18-21-8-4-5-9-24(21)28-2/h4-5,8-13,23,27H,3,6-7,14-19H2,1-2H3/t23-/m0/s1. The maximum Gasteiger partial charge on any atom is 0.124 e. The summed E-state index contributed by atoms with van der Waals surface area (Å²) in [5, 5.41) is 10.3. The fourth-order valence-corrected chi connectivity index (χ4v) is 3.88. The van der Waals surface area contributed by atoms with Crippen LogP contribution in [-0.2, 0) is 17.9 Å². The summed E-state index contributed by atoms with van der Waals surface area (Å²) in [4.78, 5) is 4.60. The van der Waals surface area contributed by atoms with Crippen molar-refractivity contribution in [1.29, 1.82) is 0 Å². The van der Waals surface area contributed by atoms with Gasteiger partial charge in [0, 0.05) is 37.4 Å². The Morgan fingerprint density at radius 1 is 1.03 bits per heavy atom. The molecule has 1 saturated heterocycles. The Labute approximate surface area is 174 Å². The molecule has 1 atom stereocenters. The van der Waals surface area contributed by atoms with Gasteiger partial charge in [0.1, 0.15) is 5.75 Å². The molecule has 0 aliphatic carbocycles. The quantitative estimate of drug-likeness (QED) is 0.661. The molecule has 158 valence electrons. The van der Waals surface area contributed by atoms with Crippen LogP contribution in [0, 0.1) is 0 Å². The van der Waals surface area contributed by atoms with Gasteiger partial charge in [0.15, 0.2) is 0 Å². The SMILES string of the molecule is COc1ccccc1COC[C@@H](O)CN(C)Cc1ccc(N2CCCCC2)cc1. The van der Waals surface area contributed by atoms with Gasteiger partial charge in [-0.2, -0.15) is 0 Å². The summed E-state index contributed by atoms with van der Waals surface area (Å²) >= 11 is 0. The van der Waals surface area contributed by atoms with E-state index in [1.807, 2.05) is 31.3 Å². The predicted molar refractivity (Wildman–Crippen MR) is 117 cm³/mol. The molecule has 1 N–H and O–H groups in total. The van der Waals surface area contributed by atoms with Crippen molar-refractivity contribution in [1.82, 2.24) is 4.90 Å². The summed E-state index contributed by atoms with van der Waals surface area (Å²) in [5.74, 6) is 0.812. The number of nitrogens with zero attached hydrogens (tertiary/aromatic N) is 2. The molecular weight excluding hydrogens is 364 g/mol. The van der Waals surface area contributed by atoms with E-state index in [0.29, 0.717) is 19.8 Å².